The van der Waals surface area contributed by atoms with Gasteiger partial charge < -0.3 is 10.1 Å². The molecule has 28 heavy (non-hydrogen) atoms. The van der Waals surface area contributed by atoms with Crippen LogP contribution in [0.25, 0.3) is 5.69 Å². The van der Waals surface area contributed by atoms with Crippen molar-refractivity contribution in [1.82, 2.24) is 20.2 Å². The maximum Gasteiger partial charge on any atom is 0.242 e. The Morgan fingerprint density at radius 1 is 1.21 bits per heavy atom. The molecule has 0 radical (unpaired) electrons. The van der Waals surface area contributed by atoms with E-state index in [0.717, 1.165) is 29.8 Å². The van der Waals surface area contributed by atoms with Crippen LogP contribution in [0.4, 0.5) is 5.69 Å². The molecule has 7 nitrogen and oxygen atoms in total. The standard InChI is InChI=1S/C20H23N5O2S/c1-14-9-10-18(15(2)12-14)27-11-4-3-8-19(26)21-16-6-5-7-17(13-16)25-20(28)22-23-24-25/h5-7,9-10,12-13H,3-4,8,11H2,1-2H3,(H,21,26)(H,22,24,28). The summed E-state index contributed by atoms with van der Waals surface area (Å²) >= 11 is 5.09. The molecule has 0 aliphatic heterocycles. The van der Waals surface area contributed by atoms with Crippen molar-refractivity contribution >= 4 is 23.8 Å². The third kappa shape index (κ3) is 5.26. The van der Waals surface area contributed by atoms with Crippen LogP contribution in [0.3, 0.4) is 0 Å². The maximum absolute atomic E-state index is 12.2. The first-order chi connectivity index (χ1) is 13.5. The van der Waals surface area contributed by atoms with Crippen molar-refractivity contribution in [2.75, 3.05) is 11.9 Å². The fourth-order valence-corrected chi connectivity index (χ4v) is 3.03. The number of aromatic nitrogens is 4. The second-order valence-electron chi connectivity index (χ2n) is 6.59. The van der Waals surface area contributed by atoms with Crippen LogP contribution in [0.2, 0.25) is 0 Å². The van der Waals surface area contributed by atoms with Gasteiger partial charge in [0.1, 0.15) is 5.75 Å². The van der Waals surface area contributed by atoms with Crippen LogP contribution in [0, 0.1) is 18.6 Å². The van der Waals surface area contributed by atoms with Crippen LogP contribution in [0.5, 0.6) is 5.75 Å². The number of amides is 1. The van der Waals surface area contributed by atoms with Crippen LogP contribution in [-0.2, 0) is 4.79 Å². The molecule has 0 unspecified atom stereocenters. The maximum atomic E-state index is 12.2. The molecule has 146 valence electrons. The molecule has 0 atom stereocenters. The summed E-state index contributed by atoms with van der Waals surface area (Å²) in [5.74, 6) is 0.869. The number of carbonyl (C=O) groups excluding carboxylic acids is 1. The van der Waals surface area contributed by atoms with Gasteiger partial charge >= 0.3 is 0 Å². The zero-order valence-electron chi connectivity index (χ0n) is 15.9. The summed E-state index contributed by atoms with van der Waals surface area (Å²) in [6.07, 6.45) is 2.01. The van der Waals surface area contributed by atoms with Crippen molar-refractivity contribution in [1.29, 1.82) is 0 Å². The summed E-state index contributed by atoms with van der Waals surface area (Å²) in [5, 5.41) is 13.0. The van der Waals surface area contributed by atoms with Crippen LogP contribution in [0.1, 0.15) is 30.4 Å². The molecule has 0 fully saturated rings. The van der Waals surface area contributed by atoms with Gasteiger partial charge in [-0.1, -0.05) is 34.1 Å². The number of benzene rings is 2. The predicted octanol–water partition coefficient (Wildman–Crippen LogP) is 4.13. The van der Waals surface area contributed by atoms with Crippen molar-refractivity contribution in [3.8, 4) is 11.4 Å². The third-order valence-electron chi connectivity index (χ3n) is 4.25. The lowest BCUT2D eigenvalue weighted by Crippen LogP contribution is -2.12. The van der Waals surface area contributed by atoms with Gasteiger partial charge in [-0.05, 0) is 68.7 Å². The number of tetrazole rings is 1. The average molecular weight is 398 g/mol. The van der Waals surface area contributed by atoms with E-state index >= 15 is 0 Å². The summed E-state index contributed by atoms with van der Waals surface area (Å²) < 4.78 is 7.69. The van der Waals surface area contributed by atoms with Crippen molar-refractivity contribution < 1.29 is 9.53 Å². The minimum absolute atomic E-state index is 0.0324. The molecule has 3 rings (SSSR count). The number of nitrogens with one attached hydrogen (secondary N) is 2. The fourth-order valence-electron chi connectivity index (χ4n) is 2.84. The largest absolute Gasteiger partial charge is 0.493 e. The highest BCUT2D eigenvalue weighted by atomic mass is 32.1. The molecule has 1 amide bonds. The fraction of sp³-hybridized carbons (Fsp3) is 0.300. The smallest absolute Gasteiger partial charge is 0.242 e. The Labute approximate surface area is 168 Å². The van der Waals surface area contributed by atoms with Gasteiger partial charge in [-0.25, -0.2) is 4.68 Å². The SMILES string of the molecule is Cc1ccc(OCCCCC(=O)Nc2cccc(-n3[nH]nnc3=S)c2)c(C)c1. The van der Waals surface area contributed by atoms with Gasteiger partial charge in [0.2, 0.25) is 10.7 Å². The lowest BCUT2D eigenvalue weighted by Gasteiger charge is -2.10. The highest BCUT2D eigenvalue weighted by Crippen LogP contribution is 2.19. The Bertz CT molecular complexity index is 1010. The van der Waals surface area contributed by atoms with Gasteiger partial charge in [-0.3, -0.25) is 4.79 Å². The van der Waals surface area contributed by atoms with Gasteiger partial charge in [-0.15, -0.1) is 0 Å². The molecule has 8 heteroatoms. The Morgan fingerprint density at radius 3 is 2.82 bits per heavy atom. The minimum atomic E-state index is -0.0324. The number of aromatic amines is 1. The van der Waals surface area contributed by atoms with E-state index in [1.807, 2.05) is 43.3 Å². The van der Waals surface area contributed by atoms with E-state index in [4.69, 9.17) is 17.0 Å². The molecule has 1 heterocycles. The Kier molecular flexibility index (Phi) is 6.54. The van der Waals surface area contributed by atoms with Gasteiger partial charge in [0.05, 0.1) is 12.3 Å². The zero-order valence-corrected chi connectivity index (χ0v) is 16.8. The van der Waals surface area contributed by atoms with Crippen LogP contribution >= 0.6 is 12.2 Å². The van der Waals surface area contributed by atoms with E-state index in [0.29, 0.717) is 23.5 Å². The van der Waals surface area contributed by atoms with E-state index in [9.17, 15) is 4.79 Å². The predicted molar refractivity (Wildman–Crippen MR) is 110 cm³/mol. The molecule has 0 spiro atoms. The number of carbonyl (C=O) groups is 1. The molecule has 0 saturated carbocycles. The van der Waals surface area contributed by atoms with Crippen molar-refractivity contribution in [3.63, 3.8) is 0 Å². The lowest BCUT2D eigenvalue weighted by molar-refractivity contribution is -0.116. The zero-order chi connectivity index (χ0) is 19.9. The quantitative estimate of drug-likeness (QED) is 0.441. The average Bonchev–Trinajstić information content (AvgIpc) is 3.09. The highest BCUT2D eigenvalue weighted by molar-refractivity contribution is 7.71. The van der Waals surface area contributed by atoms with Crippen LogP contribution < -0.4 is 10.1 Å². The summed E-state index contributed by atoms with van der Waals surface area (Å²) in [7, 11) is 0. The topological polar surface area (TPSA) is 84.8 Å². The first-order valence-corrected chi connectivity index (χ1v) is 9.54. The van der Waals surface area contributed by atoms with Gasteiger partial charge in [0.25, 0.3) is 0 Å². The van der Waals surface area contributed by atoms with Crippen LogP contribution in [-0.4, -0.2) is 32.7 Å². The number of H-pyrrole nitrogens is 1. The number of nitrogens with zero attached hydrogens (tertiary/aromatic N) is 3. The Morgan fingerprint density at radius 2 is 2.07 bits per heavy atom. The number of hydrogen-bond acceptors (Lipinski definition) is 5. The second-order valence-corrected chi connectivity index (χ2v) is 6.96. The first-order valence-electron chi connectivity index (χ1n) is 9.13. The number of unbranched alkanes of at least 4 members (excludes halogenated alkanes) is 1. The molecular formula is C20H23N5O2S. The third-order valence-corrected chi connectivity index (χ3v) is 4.51. The minimum Gasteiger partial charge on any atom is -0.493 e. The molecule has 3 aromatic rings. The second kappa shape index (κ2) is 9.27. The highest BCUT2D eigenvalue weighted by Gasteiger charge is 2.06. The van der Waals surface area contributed by atoms with Gasteiger partial charge in [0.15, 0.2) is 0 Å². The van der Waals surface area contributed by atoms with E-state index < -0.39 is 0 Å². The summed E-state index contributed by atoms with van der Waals surface area (Å²) in [6, 6.07) is 13.5. The molecule has 0 aliphatic carbocycles. The molecular weight excluding hydrogens is 374 g/mol. The molecule has 0 saturated heterocycles. The Hall–Kier alpha value is -3.00. The lowest BCUT2D eigenvalue weighted by atomic mass is 10.1. The van der Waals surface area contributed by atoms with Crippen molar-refractivity contribution in [2.24, 2.45) is 0 Å². The number of anilines is 1. The van der Waals surface area contributed by atoms with E-state index in [1.54, 1.807) is 4.68 Å². The molecule has 1 aromatic heterocycles. The summed E-state index contributed by atoms with van der Waals surface area (Å²) in [6.45, 7) is 4.69. The summed E-state index contributed by atoms with van der Waals surface area (Å²) in [5.41, 5.74) is 3.81. The van der Waals surface area contributed by atoms with E-state index in [1.165, 1.54) is 5.56 Å². The Balaban J connectivity index is 1.43. The monoisotopic (exact) mass is 397 g/mol. The molecule has 0 aliphatic rings. The molecule has 2 N–H and O–H groups in total. The van der Waals surface area contributed by atoms with E-state index in [-0.39, 0.29) is 5.91 Å². The van der Waals surface area contributed by atoms with Gasteiger partial charge in [-0.2, -0.15) is 5.21 Å². The number of rotatable bonds is 8. The molecule has 2 aromatic carbocycles. The normalized spacial score (nSPS) is 10.6. The first kappa shape index (κ1) is 19.8. The number of aryl methyl sites for hydroxylation is 2. The summed E-state index contributed by atoms with van der Waals surface area (Å²) in [4.78, 5) is 12.2. The van der Waals surface area contributed by atoms with E-state index in [2.05, 4.69) is 33.8 Å². The van der Waals surface area contributed by atoms with Crippen LogP contribution in [0.15, 0.2) is 42.5 Å². The number of hydrogen-bond donors (Lipinski definition) is 2. The van der Waals surface area contributed by atoms with Gasteiger partial charge in [0, 0.05) is 12.1 Å². The molecule has 0 bridgehead atoms. The number of ether oxygens (including phenoxy) is 1. The van der Waals surface area contributed by atoms with Crippen molar-refractivity contribution in [3.05, 3.63) is 58.4 Å². The van der Waals surface area contributed by atoms with Crippen molar-refractivity contribution in [2.45, 2.75) is 33.1 Å².